The minimum Gasteiger partial charge on any atom is -0.391 e. The maximum absolute atomic E-state index is 10.7. The van der Waals surface area contributed by atoms with E-state index in [0.717, 1.165) is 18.7 Å². The van der Waals surface area contributed by atoms with Crippen molar-refractivity contribution in [2.45, 2.75) is 19.4 Å². The first-order chi connectivity index (χ1) is 8.49. The van der Waals surface area contributed by atoms with E-state index in [0.29, 0.717) is 16.9 Å². The minimum atomic E-state index is -0.415. The van der Waals surface area contributed by atoms with Gasteiger partial charge in [-0.15, -0.1) is 0 Å². The average molecular weight is 315 g/mol. The van der Waals surface area contributed by atoms with Gasteiger partial charge < -0.3 is 10.0 Å². The Morgan fingerprint density at radius 3 is 2.83 bits per heavy atom. The lowest BCUT2D eigenvalue weighted by Crippen LogP contribution is -2.43. The summed E-state index contributed by atoms with van der Waals surface area (Å²) in [6, 6.07) is 4.72. The SMILES string of the molecule is CC1CCN(c2ccc([N+](=O)[O-])cc2Br)CC1O. The molecule has 6 heteroatoms. The Labute approximate surface area is 114 Å². The lowest BCUT2D eigenvalue weighted by Gasteiger charge is -2.36. The molecule has 0 bridgehead atoms. The average Bonchev–Trinajstić information content (AvgIpc) is 2.32. The number of nitro benzene ring substituents is 1. The van der Waals surface area contributed by atoms with Gasteiger partial charge in [0.15, 0.2) is 0 Å². The van der Waals surface area contributed by atoms with Crippen molar-refractivity contribution in [2.75, 3.05) is 18.0 Å². The molecule has 1 aromatic rings. The molecule has 1 N–H and O–H groups in total. The summed E-state index contributed by atoms with van der Waals surface area (Å²) < 4.78 is 0.693. The number of hydrogen-bond acceptors (Lipinski definition) is 4. The van der Waals surface area contributed by atoms with E-state index < -0.39 is 4.92 Å². The molecule has 2 atom stereocenters. The number of nitrogens with zero attached hydrogens (tertiary/aromatic N) is 2. The summed E-state index contributed by atoms with van der Waals surface area (Å²) in [6.07, 6.45) is 0.575. The molecule has 0 aromatic heterocycles. The zero-order valence-corrected chi connectivity index (χ0v) is 11.6. The Bertz CT molecular complexity index is 467. The molecule has 0 spiro atoms. The van der Waals surface area contributed by atoms with Gasteiger partial charge in [-0.3, -0.25) is 10.1 Å². The molecule has 18 heavy (non-hydrogen) atoms. The number of aliphatic hydroxyl groups excluding tert-OH is 1. The van der Waals surface area contributed by atoms with Crippen LogP contribution in [0.2, 0.25) is 0 Å². The number of benzene rings is 1. The molecule has 0 amide bonds. The monoisotopic (exact) mass is 314 g/mol. The molecule has 1 saturated heterocycles. The van der Waals surface area contributed by atoms with Crippen LogP contribution >= 0.6 is 15.9 Å². The summed E-state index contributed by atoms with van der Waals surface area (Å²) in [5.74, 6) is 0.304. The summed E-state index contributed by atoms with van der Waals surface area (Å²) in [6.45, 7) is 3.46. The first-order valence-electron chi connectivity index (χ1n) is 5.86. The van der Waals surface area contributed by atoms with Crippen molar-refractivity contribution in [3.8, 4) is 0 Å². The van der Waals surface area contributed by atoms with E-state index in [4.69, 9.17) is 0 Å². The van der Waals surface area contributed by atoms with Crippen LogP contribution < -0.4 is 4.90 Å². The number of piperidine rings is 1. The van der Waals surface area contributed by atoms with Crippen LogP contribution in [0, 0.1) is 16.0 Å². The number of β-amino-alcohol motifs (C(OH)–C–C–N with tert-alkyl or cyclic N) is 1. The molecule has 0 aliphatic carbocycles. The molecule has 1 heterocycles. The quantitative estimate of drug-likeness (QED) is 0.673. The van der Waals surface area contributed by atoms with Gasteiger partial charge in [0, 0.05) is 29.7 Å². The van der Waals surface area contributed by atoms with Crippen LogP contribution in [-0.4, -0.2) is 29.2 Å². The summed E-state index contributed by atoms with van der Waals surface area (Å²) >= 11 is 3.36. The molecule has 1 fully saturated rings. The Morgan fingerprint density at radius 1 is 1.56 bits per heavy atom. The molecule has 1 aliphatic heterocycles. The van der Waals surface area contributed by atoms with Crippen molar-refractivity contribution in [2.24, 2.45) is 5.92 Å². The molecular weight excluding hydrogens is 300 g/mol. The third kappa shape index (κ3) is 2.64. The third-order valence-corrected chi connectivity index (χ3v) is 4.04. The highest BCUT2D eigenvalue weighted by molar-refractivity contribution is 9.10. The molecule has 5 nitrogen and oxygen atoms in total. The largest absolute Gasteiger partial charge is 0.391 e. The second-order valence-electron chi connectivity index (χ2n) is 4.67. The second kappa shape index (κ2) is 5.24. The van der Waals surface area contributed by atoms with Crippen molar-refractivity contribution in [1.29, 1.82) is 0 Å². The number of non-ortho nitro benzene ring substituents is 1. The number of rotatable bonds is 2. The lowest BCUT2D eigenvalue weighted by atomic mass is 9.95. The van der Waals surface area contributed by atoms with Crippen molar-refractivity contribution in [3.05, 3.63) is 32.8 Å². The van der Waals surface area contributed by atoms with Gasteiger partial charge in [-0.05, 0) is 34.3 Å². The molecule has 1 aromatic carbocycles. The van der Waals surface area contributed by atoms with E-state index in [1.165, 1.54) is 12.1 Å². The maximum atomic E-state index is 10.7. The van der Waals surface area contributed by atoms with Crippen LogP contribution in [0.1, 0.15) is 13.3 Å². The van der Waals surface area contributed by atoms with E-state index in [1.54, 1.807) is 6.07 Å². The lowest BCUT2D eigenvalue weighted by molar-refractivity contribution is -0.384. The van der Waals surface area contributed by atoms with Gasteiger partial charge in [0.05, 0.1) is 16.7 Å². The molecule has 0 radical (unpaired) electrons. The van der Waals surface area contributed by atoms with E-state index in [9.17, 15) is 15.2 Å². The number of anilines is 1. The maximum Gasteiger partial charge on any atom is 0.270 e. The van der Waals surface area contributed by atoms with Crippen molar-refractivity contribution < 1.29 is 10.0 Å². The van der Waals surface area contributed by atoms with E-state index in [2.05, 4.69) is 20.8 Å². The predicted molar refractivity (Wildman–Crippen MR) is 72.8 cm³/mol. The second-order valence-corrected chi connectivity index (χ2v) is 5.53. The van der Waals surface area contributed by atoms with Gasteiger partial charge in [0.1, 0.15) is 0 Å². The van der Waals surface area contributed by atoms with E-state index in [1.807, 2.05) is 6.92 Å². The highest BCUT2D eigenvalue weighted by Crippen LogP contribution is 2.32. The smallest absolute Gasteiger partial charge is 0.270 e. The Morgan fingerprint density at radius 2 is 2.28 bits per heavy atom. The Hall–Kier alpha value is -1.14. The van der Waals surface area contributed by atoms with Crippen molar-refractivity contribution >= 4 is 27.3 Å². The van der Waals surface area contributed by atoms with Gasteiger partial charge in [-0.2, -0.15) is 0 Å². The first kappa shape index (κ1) is 13.3. The van der Waals surface area contributed by atoms with Crippen LogP contribution in [0.5, 0.6) is 0 Å². The van der Waals surface area contributed by atoms with Gasteiger partial charge in [0.25, 0.3) is 5.69 Å². The number of nitro groups is 1. The van der Waals surface area contributed by atoms with E-state index in [-0.39, 0.29) is 11.8 Å². The van der Waals surface area contributed by atoms with Crippen molar-refractivity contribution in [1.82, 2.24) is 0 Å². The summed E-state index contributed by atoms with van der Waals surface area (Å²) in [4.78, 5) is 12.3. The predicted octanol–water partition coefficient (Wildman–Crippen LogP) is 2.56. The fourth-order valence-electron chi connectivity index (χ4n) is 2.13. The highest BCUT2D eigenvalue weighted by Gasteiger charge is 2.25. The van der Waals surface area contributed by atoms with Crippen LogP contribution in [0.15, 0.2) is 22.7 Å². The summed E-state index contributed by atoms with van der Waals surface area (Å²) in [5, 5.41) is 20.5. The summed E-state index contributed by atoms with van der Waals surface area (Å²) in [7, 11) is 0. The standard InChI is InChI=1S/C12H15BrN2O3/c1-8-4-5-14(7-12(8)16)11-3-2-9(15(17)18)6-10(11)13/h2-3,6,8,12,16H,4-5,7H2,1H3. The fourth-order valence-corrected chi connectivity index (χ4v) is 2.75. The zero-order valence-electron chi connectivity index (χ0n) is 10.0. The van der Waals surface area contributed by atoms with Crippen LogP contribution in [0.3, 0.4) is 0 Å². The summed E-state index contributed by atoms with van der Waals surface area (Å²) in [5.41, 5.74) is 0.961. The Balaban J connectivity index is 2.21. The topological polar surface area (TPSA) is 66.6 Å². The van der Waals surface area contributed by atoms with Crippen LogP contribution in [0.4, 0.5) is 11.4 Å². The Kier molecular flexibility index (Phi) is 3.87. The van der Waals surface area contributed by atoms with Gasteiger partial charge in [0.2, 0.25) is 0 Å². The molecular formula is C12H15BrN2O3. The van der Waals surface area contributed by atoms with E-state index >= 15 is 0 Å². The molecule has 2 unspecified atom stereocenters. The number of aliphatic hydroxyl groups is 1. The van der Waals surface area contributed by atoms with Gasteiger partial charge >= 0.3 is 0 Å². The fraction of sp³-hybridized carbons (Fsp3) is 0.500. The van der Waals surface area contributed by atoms with Gasteiger partial charge in [-0.1, -0.05) is 6.92 Å². The molecule has 2 rings (SSSR count). The van der Waals surface area contributed by atoms with Crippen LogP contribution in [-0.2, 0) is 0 Å². The van der Waals surface area contributed by atoms with Gasteiger partial charge in [-0.25, -0.2) is 0 Å². The normalized spacial score (nSPS) is 24.1. The molecule has 1 aliphatic rings. The highest BCUT2D eigenvalue weighted by atomic mass is 79.9. The third-order valence-electron chi connectivity index (χ3n) is 3.40. The first-order valence-corrected chi connectivity index (χ1v) is 6.65. The van der Waals surface area contributed by atoms with Crippen molar-refractivity contribution in [3.63, 3.8) is 0 Å². The molecule has 0 saturated carbocycles. The number of hydrogen-bond donors (Lipinski definition) is 1. The minimum absolute atomic E-state index is 0.0663. The zero-order chi connectivity index (χ0) is 13.3. The number of halogens is 1. The van der Waals surface area contributed by atoms with Crippen LogP contribution in [0.25, 0.3) is 0 Å². The molecule has 98 valence electrons.